The third-order valence-corrected chi connectivity index (χ3v) is 3.80. The van der Waals surface area contributed by atoms with Gasteiger partial charge in [0.1, 0.15) is 5.69 Å². The number of benzene rings is 1. The average Bonchev–Trinajstić information content (AvgIpc) is 3.21. The molecule has 1 aliphatic rings. The lowest BCUT2D eigenvalue weighted by Crippen LogP contribution is -2.25. The molecule has 0 aliphatic heterocycles. The molecule has 2 N–H and O–H groups in total. The Morgan fingerprint density at radius 1 is 1.33 bits per heavy atom. The van der Waals surface area contributed by atoms with E-state index in [-0.39, 0.29) is 21.6 Å². The number of carbonyl (C=O) groups excluding carboxylic acids is 1. The molecule has 0 saturated heterocycles. The van der Waals surface area contributed by atoms with Crippen molar-refractivity contribution in [2.45, 2.75) is 31.7 Å². The molecule has 1 amide bonds. The summed E-state index contributed by atoms with van der Waals surface area (Å²) in [6.07, 6.45) is 3.08. The summed E-state index contributed by atoms with van der Waals surface area (Å²) in [7, 11) is 0. The molecule has 1 saturated carbocycles. The van der Waals surface area contributed by atoms with Gasteiger partial charge in [0, 0.05) is 25.1 Å². The van der Waals surface area contributed by atoms with Crippen LogP contribution in [0.15, 0.2) is 12.1 Å². The minimum Gasteiger partial charge on any atom is -0.379 e. The quantitative estimate of drug-likeness (QED) is 0.455. The van der Waals surface area contributed by atoms with Crippen LogP contribution in [0.5, 0.6) is 0 Å². The molecule has 0 aromatic heterocycles. The van der Waals surface area contributed by atoms with E-state index in [0.717, 1.165) is 12.8 Å². The first-order valence-electron chi connectivity index (χ1n) is 6.64. The SMILES string of the molecule is O=C(CCCNc1cc(Cl)c(Cl)cc1[N+](=O)[O-])NC1CC1. The highest BCUT2D eigenvalue weighted by atomic mass is 35.5. The number of nitrogens with zero attached hydrogens (tertiary/aromatic N) is 1. The Hall–Kier alpha value is -1.53. The van der Waals surface area contributed by atoms with Gasteiger partial charge in [-0.25, -0.2) is 0 Å². The minimum absolute atomic E-state index is 0.0166. The Morgan fingerprint density at radius 2 is 2.00 bits per heavy atom. The standard InChI is InChI=1S/C13H15Cl2N3O3/c14-9-6-11(12(18(20)21)7-10(9)15)16-5-1-2-13(19)17-8-3-4-8/h6-8,16H,1-5H2,(H,17,19). The predicted molar refractivity (Wildman–Crippen MR) is 82.0 cm³/mol. The van der Waals surface area contributed by atoms with E-state index in [1.165, 1.54) is 12.1 Å². The maximum Gasteiger partial charge on any atom is 0.293 e. The fourth-order valence-corrected chi connectivity index (χ4v) is 2.15. The van der Waals surface area contributed by atoms with E-state index in [0.29, 0.717) is 31.1 Å². The summed E-state index contributed by atoms with van der Waals surface area (Å²) in [4.78, 5) is 21.9. The summed E-state index contributed by atoms with van der Waals surface area (Å²) >= 11 is 11.6. The van der Waals surface area contributed by atoms with Crippen LogP contribution in [-0.4, -0.2) is 23.4 Å². The first-order chi connectivity index (χ1) is 9.97. The van der Waals surface area contributed by atoms with E-state index in [9.17, 15) is 14.9 Å². The van der Waals surface area contributed by atoms with Gasteiger partial charge in [0.25, 0.3) is 5.69 Å². The van der Waals surface area contributed by atoms with Crippen LogP contribution in [0, 0.1) is 10.1 Å². The van der Waals surface area contributed by atoms with Crippen molar-refractivity contribution in [2.24, 2.45) is 0 Å². The minimum atomic E-state index is -0.523. The molecule has 0 bridgehead atoms. The molecule has 0 spiro atoms. The van der Waals surface area contributed by atoms with Crippen LogP contribution in [-0.2, 0) is 4.79 Å². The first-order valence-corrected chi connectivity index (χ1v) is 7.39. The third kappa shape index (κ3) is 4.75. The van der Waals surface area contributed by atoms with E-state index in [1.807, 2.05) is 0 Å². The van der Waals surface area contributed by atoms with Crippen molar-refractivity contribution in [3.8, 4) is 0 Å². The highest BCUT2D eigenvalue weighted by Gasteiger charge is 2.22. The van der Waals surface area contributed by atoms with Crippen LogP contribution in [0.1, 0.15) is 25.7 Å². The number of nitro benzene ring substituents is 1. The normalized spacial score (nSPS) is 13.8. The molecule has 6 nitrogen and oxygen atoms in total. The molecule has 21 heavy (non-hydrogen) atoms. The van der Waals surface area contributed by atoms with Crippen LogP contribution in [0.3, 0.4) is 0 Å². The summed E-state index contributed by atoms with van der Waals surface area (Å²) in [6.45, 7) is 0.441. The van der Waals surface area contributed by atoms with E-state index < -0.39 is 4.92 Å². The zero-order valence-corrected chi connectivity index (χ0v) is 12.7. The lowest BCUT2D eigenvalue weighted by atomic mass is 10.2. The molecule has 1 fully saturated rings. The van der Waals surface area contributed by atoms with Crippen LogP contribution in [0.2, 0.25) is 10.0 Å². The van der Waals surface area contributed by atoms with Crippen molar-refractivity contribution in [1.82, 2.24) is 5.32 Å². The number of amides is 1. The summed E-state index contributed by atoms with van der Waals surface area (Å²) in [5.41, 5.74) is 0.170. The Labute approximate surface area is 132 Å². The molecule has 0 radical (unpaired) electrons. The summed E-state index contributed by atoms with van der Waals surface area (Å²) in [5.74, 6) is 0.0166. The number of nitro groups is 1. The molecule has 114 valence electrons. The summed E-state index contributed by atoms with van der Waals surface area (Å²) in [6, 6.07) is 2.99. The maximum atomic E-state index is 11.5. The maximum absolute atomic E-state index is 11.5. The van der Waals surface area contributed by atoms with Gasteiger partial charge in [0.05, 0.1) is 15.0 Å². The van der Waals surface area contributed by atoms with E-state index in [4.69, 9.17) is 23.2 Å². The van der Waals surface area contributed by atoms with Crippen molar-refractivity contribution in [2.75, 3.05) is 11.9 Å². The van der Waals surface area contributed by atoms with Crippen LogP contribution in [0.4, 0.5) is 11.4 Å². The van der Waals surface area contributed by atoms with Gasteiger partial charge in [-0.3, -0.25) is 14.9 Å². The second-order valence-electron chi connectivity index (χ2n) is 4.91. The molecule has 2 rings (SSSR count). The van der Waals surface area contributed by atoms with Crippen molar-refractivity contribution >= 4 is 40.5 Å². The van der Waals surface area contributed by atoms with Crippen molar-refractivity contribution < 1.29 is 9.72 Å². The number of halogens is 2. The monoisotopic (exact) mass is 331 g/mol. The fourth-order valence-electron chi connectivity index (χ4n) is 1.83. The van der Waals surface area contributed by atoms with Gasteiger partial charge >= 0.3 is 0 Å². The Bertz CT molecular complexity index is 562. The van der Waals surface area contributed by atoms with Crippen LogP contribution in [0.25, 0.3) is 0 Å². The van der Waals surface area contributed by atoms with Gasteiger partial charge in [0.15, 0.2) is 0 Å². The second-order valence-corrected chi connectivity index (χ2v) is 5.73. The molecular formula is C13H15Cl2N3O3. The number of carbonyl (C=O) groups is 1. The zero-order chi connectivity index (χ0) is 15.4. The smallest absolute Gasteiger partial charge is 0.293 e. The summed E-state index contributed by atoms with van der Waals surface area (Å²) < 4.78 is 0. The third-order valence-electron chi connectivity index (χ3n) is 3.07. The lowest BCUT2D eigenvalue weighted by molar-refractivity contribution is -0.383. The number of hydrogen-bond donors (Lipinski definition) is 2. The highest BCUT2D eigenvalue weighted by molar-refractivity contribution is 6.42. The fraction of sp³-hybridized carbons (Fsp3) is 0.462. The Balaban J connectivity index is 1.85. The van der Waals surface area contributed by atoms with Crippen molar-refractivity contribution in [1.29, 1.82) is 0 Å². The van der Waals surface area contributed by atoms with Crippen LogP contribution >= 0.6 is 23.2 Å². The topological polar surface area (TPSA) is 84.3 Å². The molecular weight excluding hydrogens is 317 g/mol. The van der Waals surface area contributed by atoms with Gasteiger partial charge < -0.3 is 10.6 Å². The Morgan fingerprint density at radius 3 is 2.62 bits per heavy atom. The van der Waals surface area contributed by atoms with Gasteiger partial charge in [-0.1, -0.05) is 23.2 Å². The Kier molecular flexibility index (Phi) is 5.25. The molecule has 0 unspecified atom stereocenters. The molecule has 0 heterocycles. The molecule has 1 aromatic carbocycles. The number of rotatable bonds is 7. The van der Waals surface area contributed by atoms with Gasteiger partial charge in [0.2, 0.25) is 5.91 Å². The second kappa shape index (κ2) is 6.95. The van der Waals surface area contributed by atoms with Crippen molar-refractivity contribution in [3.05, 3.63) is 32.3 Å². The van der Waals surface area contributed by atoms with Gasteiger partial charge in [-0.15, -0.1) is 0 Å². The average molecular weight is 332 g/mol. The molecule has 1 aliphatic carbocycles. The van der Waals surface area contributed by atoms with Gasteiger partial charge in [-0.2, -0.15) is 0 Å². The number of anilines is 1. The van der Waals surface area contributed by atoms with E-state index >= 15 is 0 Å². The van der Waals surface area contributed by atoms with Crippen LogP contribution < -0.4 is 10.6 Å². The number of nitrogens with one attached hydrogen (secondary N) is 2. The summed E-state index contributed by atoms with van der Waals surface area (Å²) in [5, 5.41) is 17.1. The molecule has 8 heteroatoms. The highest BCUT2D eigenvalue weighted by Crippen LogP contribution is 2.33. The molecule has 0 atom stereocenters. The largest absolute Gasteiger partial charge is 0.379 e. The van der Waals surface area contributed by atoms with Crippen molar-refractivity contribution in [3.63, 3.8) is 0 Å². The first kappa shape index (κ1) is 15.9. The lowest BCUT2D eigenvalue weighted by Gasteiger charge is -2.08. The van der Waals surface area contributed by atoms with E-state index in [1.54, 1.807) is 0 Å². The van der Waals surface area contributed by atoms with E-state index in [2.05, 4.69) is 10.6 Å². The predicted octanol–water partition coefficient (Wildman–Crippen LogP) is 3.37. The zero-order valence-electron chi connectivity index (χ0n) is 11.2. The van der Waals surface area contributed by atoms with Gasteiger partial charge in [-0.05, 0) is 25.3 Å². The number of hydrogen-bond acceptors (Lipinski definition) is 4. The molecule has 1 aromatic rings.